The average Bonchev–Trinajstić information content (AvgIpc) is 2.81. The van der Waals surface area contributed by atoms with Crippen molar-refractivity contribution < 1.29 is 9.53 Å². The second-order valence-corrected chi connectivity index (χ2v) is 4.61. The summed E-state index contributed by atoms with van der Waals surface area (Å²) in [6.45, 7) is 0. The second-order valence-electron chi connectivity index (χ2n) is 4.61. The molecule has 1 saturated carbocycles. The molecule has 1 aliphatic carbocycles. The summed E-state index contributed by atoms with van der Waals surface area (Å²) in [5, 5.41) is 0. The fourth-order valence-corrected chi connectivity index (χ4v) is 2.04. The molecule has 0 radical (unpaired) electrons. The largest absolute Gasteiger partial charge is 0.474 e. The van der Waals surface area contributed by atoms with Crippen molar-refractivity contribution in [3.8, 4) is 5.88 Å². The van der Waals surface area contributed by atoms with Gasteiger partial charge in [0, 0.05) is 31.9 Å². The van der Waals surface area contributed by atoms with Gasteiger partial charge in [-0.05, 0) is 31.7 Å². The van der Waals surface area contributed by atoms with Gasteiger partial charge in [0.25, 0.3) is 5.91 Å². The lowest BCUT2D eigenvalue weighted by Crippen LogP contribution is -2.22. The van der Waals surface area contributed by atoms with E-state index in [4.69, 9.17) is 4.74 Å². The standard InChI is InChI=1S/C13H18N2O2/c1-15(2)13(16)10-7-8-14-12(9-10)17-11-5-3-4-6-11/h7-9,11H,3-6H2,1-2H3. The molecule has 2 rings (SSSR count). The minimum atomic E-state index is -0.0244. The molecule has 0 aromatic carbocycles. The molecule has 4 heteroatoms. The Labute approximate surface area is 102 Å². The van der Waals surface area contributed by atoms with Gasteiger partial charge in [-0.25, -0.2) is 4.98 Å². The van der Waals surface area contributed by atoms with Crippen molar-refractivity contribution in [2.75, 3.05) is 14.1 Å². The van der Waals surface area contributed by atoms with Crippen LogP contribution >= 0.6 is 0 Å². The third-order valence-electron chi connectivity index (χ3n) is 2.98. The zero-order valence-corrected chi connectivity index (χ0v) is 10.3. The first-order valence-electron chi connectivity index (χ1n) is 6.01. The fourth-order valence-electron chi connectivity index (χ4n) is 2.04. The van der Waals surface area contributed by atoms with E-state index in [1.165, 1.54) is 12.8 Å². The summed E-state index contributed by atoms with van der Waals surface area (Å²) < 4.78 is 5.76. The van der Waals surface area contributed by atoms with Crippen molar-refractivity contribution in [3.05, 3.63) is 23.9 Å². The zero-order chi connectivity index (χ0) is 12.3. The van der Waals surface area contributed by atoms with Crippen molar-refractivity contribution in [2.24, 2.45) is 0 Å². The SMILES string of the molecule is CN(C)C(=O)c1ccnc(OC2CCCC2)c1. The van der Waals surface area contributed by atoms with E-state index >= 15 is 0 Å². The third-order valence-corrected chi connectivity index (χ3v) is 2.98. The minimum absolute atomic E-state index is 0.0244. The minimum Gasteiger partial charge on any atom is -0.474 e. The van der Waals surface area contributed by atoms with Crippen LogP contribution in [0.3, 0.4) is 0 Å². The molecule has 0 spiro atoms. The smallest absolute Gasteiger partial charge is 0.253 e. The van der Waals surface area contributed by atoms with Crippen LogP contribution in [0.15, 0.2) is 18.3 Å². The Morgan fingerprint density at radius 1 is 1.41 bits per heavy atom. The van der Waals surface area contributed by atoms with E-state index in [0.717, 1.165) is 12.8 Å². The Balaban J connectivity index is 2.08. The molecule has 1 amide bonds. The van der Waals surface area contributed by atoms with Gasteiger partial charge in [0.15, 0.2) is 0 Å². The number of rotatable bonds is 3. The Morgan fingerprint density at radius 3 is 2.76 bits per heavy atom. The average molecular weight is 234 g/mol. The van der Waals surface area contributed by atoms with Crippen molar-refractivity contribution >= 4 is 5.91 Å². The van der Waals surface area contributed by atoms with Crippen LogP contribution in [0.4, 0.5) is 0 Å². The molecule has 1 aromatic rings. The maximum Gasteiger partial charge on any atom is 0.253 e. The fraction of sp³-hybridized carbons (Fsp3) is 0.538. The number of hydrogen-bond acceptors (Lipinski definition) is 3. The van der Waals surface area contributed by atoms with Crippen molar-refractivity contribution in [1.82, 2.24) is 9.88 Å². The van der Waals surface area contributed by atoms with Gasteiger partial charge in [-0.1, -0.05) is 0 Å². The van der Waals surface area contributed by atoms with Crippen molar-refractivity contribution in [1.29, 1.82) is 0 Å². The normalized spacial score (nSPS) is 15.9. The number of carbonyl (C=O) groups is 1. The summed E-state index contributed by atoms with van der Waals surface area (Å²) in [5.41, 5.74) is 0.623. The molecular formula is C13H18N2O2. The number of hydrogen-bond donors (Lipinski definition) is 0. The Kier molecular flexibility index (Phi) is 3.61. The quantitative estimate of drug-likeness (QED) is 0.804. The molecule has 1 heterocycles. The van der Waals surface area contributed by atoms with Crippen LogP contribution < -0.4 is 4.74 Å². The second kappa shape index (κ2) is 5.17. The molecule has 0 aliphatic heterocycles. The van der Waals surface area contributed by atoms with Gasteiger partial charge >= 0.3 is 0 Å². The Morgan fingerprint density at radius 2 is 2.12 bits per heavy atom. The van der Waals surface area contributed by atoms with Gasteiger partial charge in [-0.15, -0.1) is 0 Å². The molecule has 0 bridgehead atoms. The monoisotopic (exact) mass is 234 g/mol. The highest BCUT2D eigenvalue weighted by atomic mass is 16.5. The van der Waals surface area contributed by atoms with Crippen molar-refractivity contribution in [2.45, 2.75) is 31.8 Å². The first-order valence-corrected chi connectivity index (χ1v) is 6.01. The summed E-state index contributed by atoms with van der Waals surface area (Å²) >= 11 is 0. The molecule has 0 unspecified atom stereocenters. The number of carbonyl (C=O) groups excluding carboxylic acids is 1. The predicted octanol–water partition coefficient (Wildman–Crippen LogP) is 2.10. The van der Waals surface area contributed by atoms with Gasteiger partial charge in [-0.2, -0.15) is 0 Å². The molecule has 92 valence electrons. The van der Waals surface area contributed by atoms with E-state index in [1.807, 2.05) is 0 Å². The maximum absolute atomic E-state index is 11.8. The highest BCUT2D eigenvalue weighted by Crippen LogP contribution is 2.23. The highest BCUT2D eigenvalue weighted by Gasteiger charge is 2.17. The van der Waals surface area contributed by atoms with E-state index in [1.54, 1.807) is 37.3 Å². The number of amides is 1. The van der Waals surface area contributed by atoms with Gasteiger partial charge in [0.05, 0.1) is 0 Å². The number of aromatic nitrogens is 1. The van der Waals surface area contributed by atoms with Crippen LogP contribution in [0.5, 0.6) is 5.88 Å². The molecule has 1 aliphatic rings. The summed E-state index contributed by atoms with van der Waals surface area (Å²) in [4.78, 5) is 17.5. The Hall–Kier alpha value is -1.58. The highest BCUT2D eigenvalue weighted by molar-refractivity contribution is 5.94. The molecular weight excluding hydrogens is 216 g/mol. The van der Waals surface area contributed by atoms with Crippen LogP contribution in [-0.2, 0) is 0 Å². The lowest BCUT2D eigenvalue weighted by atomic mass is 10.2. The molecule has 17 heavy (non-hydrogen) atoms. The molecule has 4 nitrogen and oxygen atoms in total. The van der Waals surface area contributed by atoms with Crippen LogP contribution in [0.2, 0.25) is 0 Å². The first kappa shape index (κ1) is 11.9. The van der Waals surface area contributed by atoms with Crippen LogP contribution in [0, 0.1) is 0 Å². The summed E-state index contributed by atoms with van der Waals surface area (Å²) in [6, 6.07) is 3.44. The van der Waals surface area contributed by atoms with E-state index < -0.39 is 0 Å². The third kappa shape index (κ3) is 2.96. The van der Waals surface area contributed by atoms with E-state index in [0.29, 0.717) is 11.4 Å². The molecule has 0 saturated heterocycles. The topological polar surface area (TPSA) is 42.4 Å². The van der Waals surface area contributed by atoms with Gasteiger partial charge in [0.2, 0.25) is 5.88 Å². The van der Waals surface area contributed by atoms with Crippen LogP contribution in [-0.4, -0.2) is 36.0 Å². The Bertz CT molecular complexity index is 398. The van der Waals surface area contributed by atoms with Gasteiger partial charge in [-0.3, -0.25) is 4.79 Å². The van der Waals surface area contributed by atoms with Gasteiger partial charge in [0.1, 0.15) is 6.10 Å². The first-order chi connectivity index (χ1) is 8.16. The summed E-state index contributed by atoms with van der Waals surface area (Å²) in [7, 11) is 3.47. The van der Waals surface area contributed by atoms with Crippen LogP contribution in [0.25, 0.3) is 0 Å². The number of nitrogens with zero attached hydrogens (tertiary/aromatic N) is 2. The lowest BCUT2D eigenvalue weighted by molar-refractivity contribution is 0.0826. The zero-order valence-electron chi connectivity index (χ0n) is 10.3. The predicted molar refractivity (Wildman–Crippen MR) is 65.1 cm³/mol. The molecule has 0 N–H and O–H groups in total. The summed E-state index contributed by atoms with van der Waals surface area (Å²) in [5.74, 6) is 0.535. The number of pyridine rings is 1. The van der Waals surface area contributed by atoms with Crippen molar-refractivity contribution in [3.63, 3.8) is 0 Å². The molecule has 1 fully saturated rings. The summed E-state index contributed by atoms with van der Waals surface area (Å²) in [6.07, 6.45) is 6.52. The van der Waals surface area contributed by atoms with Gasteiger partial charge < -0.3 is 9.64 Å². The molecule has 0 atom stereocenters. The maximum atomic E-state index is 11.8. The van der Waals surface area contributed by atoms with E-state index in [-0.39, 0.29) is 12.0 Å². The molecule has 1 aromatic heterocycles. The van der Waals surface area contributed by atoms with E-state index in [2.05, 4.69) is 4.98 Å². The lowest BCUT2D eigenvalue weighted by Gasteiger charge is -2.14. The van der Waals surface area contributed by atoms with Crippen LogP contribution in [0.1, 0.15) is 36.0 Å². The van der Waals surface area contributed by atoms with E-state index in [9.17, 15) is 4.79 Å². The number of ether oxygens (including phenoxy) is 1.